The first-order valence-corrected chi connectivity index (χ1v) is 17.7. The molecule has 1 aromatic heterocycles. The Hall–Kier alpha value is -5.92. The third-order valence-electron chi connectivity index (χ3n) is 11.9. The van der Waals surface area contributed by atoms with E-state index in [0.717, 1.165) is 12.8 Å². The molecule has 228 valence electrons. The van der Waals surface area contributed by atoms with Crippen molar-refractivity contribution in [1.29, 1.82) is 0 Å². The second-order valence-electron chi connectivity index (χ2n) is 14.2. The van der Waals surface area contributed by atoms with Gasteiger partial charge in [0.25, 0.3) is 0 Å². The van der Waals surface area contributed by atoms with Crippen molar-refractivity contribution in [3.63, 3.8) is 0 Å². The van der Waals surface area contributed by atoms with Crippen LogP contribution < -0.4 is 0 Å². The molecule has 4 aliphatic carbocycles. The summed E-state index contributed by atoms with van der Waals surface area (Å²) in [5.41, 5.74) is 13.9. The molecule has 0 saturated carbocycles. The van der Waals surface area contributed by atoms with Crippen molar-refractivity contribution in [2.24, 2.45) is 5.92 Å². The summed E-state index contributed by atoms with van der Waals surface area (Å²) in [6, 6.07) is 43.6. The molecule has 12 rings (SSSR count). The minimum atomic E-state index is 0.288. The van der Waals surface area contributed by atoms with Gasteiger partial charge in [-0.1, -0.05) is 134 Å². The monoisotopic (exact) mass is 621 g/mol. The quantitative estimate of drug-likeness (QED) is 0.161. The lowest BCUT2D eigenvalue weighted by molar-refractivity contribution is 0.655. The first-order valence-electron chi connectivity index (χ1n) is 17.7. The summed E-state index contributed by atoms with van der Waals surface area (Å²) >= 11 is 0. The molecular formula is C48H31N. The summed E-state index contributed by atoms with van der Waals surface area (Å²) in [6.07, 6.45) is 16.4. The zero-order chi connectivity index (χ0) is 31.8. The van der Waals surface area contributed by atoms with Crippen molar-refractivity contribution >= 4 is 59.6 Å². The highest BCUT2D eigenvalue weighted by Gasteiger charge is 2.39. The van der Waals surface area contributed by atoms with E-state index in [1.54, 1.807) is 0 Å². The minimum absolute atomic E-state index is 0.288. The van der Waals surface area contributed by atoms with E-state index in [-0.39, 0.29) is 5.92 Å². The number of aromatic nitrogens is 1. The Morgan fingerprint density at radius 3 is 1.92 bits per heavy atom. The van der Waals surface area contributed by atoms with E-state index in [1.807, 2.05) is 0 Å². The lowest BCUT2D eigenvalue weighted by Gasteiger charge is -2.35. The van der Waals surface area contributed by atoms with Crippen LogP contribution in [0.15, 0.2) is 157 Å². The Morgan fingerprint density at radius 2 is 1.14 bits per heavy atom. The molecule has 0 N–H and O–H groups in total. The first-order chi connectivity index (χ1) is 24.3. The van der Waals surface area contributed by atoms with Gasteiger partial charge in [0.15, 0.2) is 0 Å². The number of rotatable bonds is 1. The zero-order valence-electron chi connectivity index (χ0n) is 26.9. The third kappa shape index (κ3) is 3.26. The van der Waals surface area contributed by atoms with Crippen LogP contribution in [-0.2, 0) is 0 Å². The fraction of sp³-hybridized carbons (Fsp3) is 0.0833. The molecule has 0 amide bonds. The highest BCUT2D eigenvalue weighted by molar-refractivity contribution is 6.27. The normalized spacial score (nSPS) is 18.5. The molecule has 1 heterocycles. The van der Waals surface area contributed by atoms with Crippen LogP contribution >= 0.6 is 0 Å². The Labute approximate surface area is 284 Å². The standard InChI is InChI=1S/C48H31N/c1-2-14-31-29(12-1)30-13-3-5-18-35(30)42-26-28(24-25-37(31)42)49-44-27-43-36-19-6-4-16-33(36)38-22-11-23-41(45(38)43)46(44)47-39-20-9-7-15-32(39)34-17-8-10-21-40(34)48(47)49/h1-9,11-20,22-27,32,39H,10,21H2. The molecule has 0 bridgehead atoms. The van der Waals surface area contributed by atoms with E-state index in [0.29, 0.717) is 5.92 Å². The largest absolute Gasteiger partial charge is 0.309 e. The van der Waals surface area contributed by atoms with Gasteiger partial charge in [-0.3, -0.25) is 0 Å². The lowest BCUT2D eigenvalue weighted by Crippen LogP contribution is -2.22. The van der Waals surface area contributed by atoms with Gasteiger partial charge < -0.3 is 4.57 Å². The molecule has 7 aromatic carbocycles. The van der Waals surface area contributed by atoms with E-state index < -0.39 is 0 Å². The van der Waals surface area contributed by atoms with Crippen LogP contribution in [0, 0.1) is 5.92 Å². The van der Waals surface area contributed by atoms with Crippen LogP contribution in [0.2, 0.25) is 0 Å². The maximum atomic E-state index is 2.66. The van der Waals surface area contributed by atoms with Gasteiger partial charge >= 0.3 is 0 Å². The lowest BCUT2D eigenvalue weighted by atomic mass is 9.69. The molecule has 0 saturated heterocycles. The molecule has 49 heavy (non-hydrogen) atoms. The van der Waals surface area contributed by atoms with Gasteiger partial charge in [0.05, 0.1) is 11.2 Å². The molecule has 0 fully saturated rings. The molecule has 1 nitrogen and oxygen atoms in total. The fourth-order valence-electron chi connectivity index (χ4n) is 10.0. The van der Waals surface area contributed by atoms with Crippen LogP contribution in [0.5, 0.6) is 0 Å². The average Bonchev–Trinajstić information content (AvgIpc) is 3.70. The number of nitrogens with zero attached hydrogens (tertiary/aromatic N) is 1. The molecular weight excluding hydrogens is 591 g/mol. The van der Waals surface area contributed by atoms with Crippen LogP contribution in [0.3, 0.4) is 0 Å². The minimum Gasteiger partial charge on any atom is -0.309 e. The molecule has 1 heteroatoms. The van der Waals surface area contributed by atoms with Crippen LogP contribution in [0.25, 0.3) is 87.5 Å². The van der Waals surface area contributed by atoms with Crippen molar-refractivity contribution in [3.8, 4) is 27.9 Å². The van der Waals surface area contributed by atoms with Gasteiger partial charge in [-0.2, -0.15) is 0 Å². The van der Waals surface area contributed by atoms with Crippen molar-refractivity contribution in [1.82, 2.24) is 4.57 Å². The van der Waals surface area contributed by atoms with E-state index >= 15 is 0 Å². The SMILES string of the molecule is C1=CC2C3=C(CCC=C3)c3c(c4c5cccc6c5c(cc4n3-c3ccc4c5ccccc5c5ccccc5c4c3)-c3ccccc3-6)C2C=C1. The molecule has 0 spiro atoms. The fourth-order valence-corrected chi connectivity index (χ4v) is 10.0. The van der Waals surface area contributed by atoms with Crippen molar-refractivity contribution in [2.75, 3.05) is 0 Å². The van der Waals surface area contributed by atoms with Gasteiger partial charge in [0, 0.05) is 22.9 Å². The average molecular weight is 622 g/mol. The van der Waals surface area contributed by atoms with Crippen molar-refractivity contribution in [3.05, 3.63) is 169 Å². The highest BCUT2D eigenvalue weighted by atomic mass is 15.0. The number of hydrogen-bond donors (Lipinski definition) is 0. The Kier molecular flexibility index (Phi) is 4.98. The maximum Gasteiger partial charge on any atom is 0.0550 e. The predicted octanol–water partition coefficient (Wildman–Crippen LogP) is 12.8. The molecule has 2 atom stereocenters. The molecule has 8 aromatic rings. The van der Waals surface area contributed by atoms with Crippen molar-refractivity contribution in [2.45, 2.75) is 18.8 Å². The Balaban J connectivity index is 1.28. The second-order valence-corrected chi connectivity index (χ2v) is 14.2. The maximum absolute atomic E-state index is 2.66. The number of hydrogen-bond acceptors (Lipinski definition) is 0. The van der Waals surface area contributed by atoms with Gasteiger partial charge in [0.2, 0.25) is 0 Å². The summed E-state index contributed by atoms with van der Waals surface area (Å²) in [5.74, 6) is 0.645. The van der Waals surface area contributed by atoms with Gasteiger partial charge in [-0.15, -0.1) is 0 Å². The number of benzene rings is 7. The first kappa shape index (κ1) is 26.1. The molecule has 0 aliphatic heterocycles. The zero-order valence-corrected chi connectivity index (χ0v) is 26.9. The Morgan fingerprint density at radius 1 is 0.510 bits per heavy atom. The topological polar surface area (TPSA) is 4.93 Å². The third-order valence-corrected chi connectivity index (χ3v) is 11.9. The van der Waals surface area contributed by atoms with Crippen LogP contribution in [0.4, 0.5) is 0 Å². The van der Waals surface area contributed by atoms with Crippen LogP contribution in [0.1, 0.15) is 30.0 Å². The number of fused-ring (bicyclic) bond motifs is 17. The van der Waals surface area contributed by atoms with Gasteiger partial charge in [0.1, 0.15) is 0 Å². The summed E-state index contributed by atoms with van der Waals surface area (Å²) in [4.78, 5) is 0. The van der Waals surface area contributed by atoms with Crippen LogP contribution in [-0.4, -0.2) is 4.57 Å². The summed E-state index contributed by atoms with van der Waals surface area (Å²) in [5, 5.41) is 12.1. The Bertz CT molecular complexity index is 2900. The van der Waals surface area contributed by atoms with E-state index in [4.69, 9.17) is 0 Å². The smallest absolute Gasteiger partial charge is 0.0550 e. The van der Waals surface area contributed by atoms with E-state index in [1.165, 1.54) is 104 Å². The molecule has 0 radical (unpaired) electrons. The molecule has 2 unspecified atom stereocenters. The van der Waals surface area contributed by atoms with Crippen molar-refractivity contribution < 1.29 is 0 Å². The van der Waals surface area contributed by atoms with E-state index in [9.17, 15) is 0 Å². The number of allylic oxidation sites excluding steroid dienone is 8. The summed E-state index contributed by atoms with van der Waals surface area (Å²) < 4.78 is 2.66. The highest BCUT2D eigenvalue weighted by Crippen LogP contribution is 2.57. The summed E-state index contributed by atoms with van der Waals surface area (Å²) in [6.45, 7) is 0. The van der Waals surface area contributed by atoms with E-state index in [2.05, 4.69) is 156 Å². The molecule has 4 aliphatic rings. The predicted molar refractivity (Wildman–Crippen MR) is 208 cm³/mol. The summed E-state index contributed by atoms with van der Waals surface area (Å²) in [7, 11) is 0. The van der Waals surface area contributed by atoms with Gasteiger partial charge in [-0.05, 0) is 113 Å². The second kappa shape index (κ2) is 9.36. The van der Waals surface area contributed by atoms with Gasteiger partial charge in [-0.25, -0.2) is 0 Å².